The molecule has 0 saturated carbocycles. The van der Waals surface area contributed by atoms with Crippen LogP contribution < -0.4 is 0 Å². The summed E-state index contributed by atoms with van der Waals surface area (Å²) in [4.78, 5) is 4.24. The van der Waals surface area contributed by atoms with Crippen molar-refractivity contribution in [2.75, 3.05) is 5.75 Å². The second kappa shape index (κ2) is 5.75. The van der Waals surface area contributed by atoms with Gasteiger partial charge in [-0.3, -0.25) is 0 Å². The quantitative estimate of drug-likeness (QED) is 0.849. The molecule has 0 amide bonds. The molecule has 20 heavy (non-hydrogen) atoms. The van der Waals surface area contributed by atoms with Crippen molar-refractivity contribution in [3.05, 3.63) is 30.3 Å². The molecule has 0 aliphatic heterocycles. The first-order chi connectivity index (χ1) is 9.44. The van der Waals surface area contributed by atoms with Crippen molar-refractivity contribution < 1.29 is 8.42 Å². The van der Waals surface area contributed by atoms with Crippen LogP contribution in [0.4, 0.5) is 0 Å². The number of aromatic nitrogens is 3. The maximum absolute atomic E-state index is 11.9. The second-order valence-corrected chi connectivity index (χ2v) is 7.24. The molecule has 5 nitrogen and oxygen atoms in total. The van der Waals surface area contributed by atoms with Gasteiger partial charge in [-0.25, -0.2) is 13.1 Å². The molecule has 108 valence electrons. The zero-order valence-electron chi connectivity index (χ0n) is 11.9. The maximum atomic E-state index is 11.9. The van der Waals surface area contributed by atoms with Gasteiger partial charge in [-0.15, -0.1) is 5.10 Å². The zero-order chi connectivity index (χ0) is 14.8. The molecule has 2 aromatic rings. The van der Waals surface area contributed by atoms with Crippen LogP contribution in [0.1, 0.15) is 20.8 Å². The summed E-state index contributed by atoms with van der Waals surface area (Å²) in [7, 11) is -3.39. The summed E-state index contributed by atoms with van der Waals surface area (Å²) >= 11 is 0. The Kier molecular flexibility index (Phi) is 4.23. The van der Waals surface area contributed by atoms with Gasteiger partial charge in [-0.05, 0) is 5.92 Å². The van der Waals surface area contributed by atoms with Gasteiger partial charge >= 0.3 is 0 Å². The molecule has 1 aromatic heterocycles. The highest BCUT2D eigenvalue weighted by atomic mass is 32.2. The molecule has 0 atom stereocenters. The minimum atomic E-state index is -3.39. The Hall–Kier alpha value is -1.69. The first-order valence-electron chi connectivity index (χ1n) is 6.67. The summed E-state index contributed by atoms with van der Waals surface area (Å²) in [6, 6.07) is 9.53. The third-order valence-electron chi connectivity index (χ3n) is 2.88. The SMILES string of the molecule is CCS(=O)(=O)c1nc(-c2ccccc2)n(CC(C)C)n1. The van der Waals surface area contributed by atoms with Gasteiger partial charge in [0.1, 0.15) is 0 Å². The minimum Gasteiger partial charge on any atom is -0.244 e. The second-order valence-electron chi connectivity index (χ2n) is 5.06. The van der Waals surface area contributed by atoms with E-state index in [2.05, 4.69) is 23.9 Å². The van der Waals surface area contributed by atoms with E-state index in [-0.39, 0.29) is 10.9 Å². The monoisotopic (exact) mass is 293 g/mol. The summed E-state index contributed by atoms with van der Waals surface area (Å²) < 4.78 is 25.6. The Balaban J connectivity index is 2.55. The molecule has 0 saturated heterocycles. The van der Waals surface area contributed by atoms with E-state index >= 15 is 0 Å². The van der Waals surface area contributed by atoms with Crippen LogP contribution in [0.3, 0.4) is 0 Å². The van der Waals surface area contributed by atoms with E-state index in [0.717, 1.165) is 5.56 Å². The highest BCUT2D eigenvalue weighted by molar-refractivity contribution is 7.91. The number of rotatable bonds is 5. The molecule has 0 radical (unpaired) electrons. The summed E-state index contributed by atoms with van der Waals surface area (Å²) in [6.45, 7) is 6.35. The van der Waals surface area contributed by atoms with E-state index in [4.69, 9.17) is 0 Å². The summed E-state index contributed by atoms with van der Waals surface area (Å²) in [5, 5.41) is 4.10. The van der Waals surface area contributed by atoms with Crippen molar-refractivity contribution in [1.29, 1.82) is 0 Å². The number of benzene rings is 1. The number of nitrogens with zero attached hydrogens (tertiary/aromatic N) is 3. The average molecular weight is 293 g/mol. The van der Waals surface area contributed by atoms with E-state index in [0.29, 0.717) is 18.3 Å². The molecule has 0 unspecified atom stereocenters. The van der Waals surface area contributed by atoms with E-state index in [1.54, 1.807) is 11.6 Å². The van der Waals surface area contributed by atoms with Gasteiger partial charge in [0.25, 0.3) is 5.16 Å². The lowest BCUT2D eigenvalue weighted by atomic mass is 10.2. The van der Waals surface area contributed by atoms with Crippen LogP contribution in [-0.4, -0.2) is 28.9 Å². The van der Waals surface area contributed by atoms with Gasteiger partial charge < -0.3 is 0 Å². The van der Waals surface area contributed by atoms with Gasteiger partial charge in [0, 0.05) is 12.1 Å². The van der Waals surface area contributed by atoms with Crippen LogP contribution in [0.5, 0.6) is 0 Å². The normalized spacial score (nSPS) is 12.0. The predicted octanol–water partition coefficient (Wildman–Crippen LogP) is 2.39. The van der Waals surface area contributed by atoms with Gasteiger partial charge in [0.05, 0.1) is 5.75 Å². The van der Waals surface area contributed by atoms with Crippen LogP contribution in [0, 0.1) is 5.92 Å². The van der Waals surface area contributed by atoms with Gasteiger partial charge in [-0.1, -0.05) is 51.1 Å². The molecule has 0 aliphatic rings. The fourth-order valence-electron chi connectivity index (χ4n) is 1.86. The van der Waals surface area contributed by atoms with Crippen molar-refractivity contribution in [3.63, 3.8) is 0 Å². The predicted molar refractivity (Wildman–Crippen MR) is 78.0 cm³/mol. The van der Waals surface area contributed by atoms with E-state index < -0.39 is 9.84 Å². The van der Waals surface area contributed by atoms with Gasteiger partial charge in [-0.2, -0.15) is 4.98 Å². The lowest BCUT2D eigenvalue weighted by molar-refractivity contribution is 0.478. The van der Waals surface area contributed by atoms with Crippen LogP contribution in [-0.2, 0) is 16.4 Å². The van der Waals surface area contributed by atoms with Crippen LogP contribution >= 0.6 is 0 Å². The smallest absolute Gasteiger partial charge is 0.244 e. The molecule has 0 bridgehead atoms. The summed E-state index contributed by atoms with van der Waals surface area (Å²) in [5.74, 6) is 0.968. The molecular weight excluding hydrogens is 274 g/mol. The van der Waals surface area contributed by atoms with Gasteiger partial charge in [0.15, 0.2) is 5.82 Å². The molecule has 0 fully saturated rings. The van der Waals surface area contributed by atoms with Crippen LogP contribution in [0.2, 0.25) is 0 Å². The minimum absolute atomic E-state index is 0.00687. The Morgan fingerprint density at radius 2 is 1.85 bits per heavy atom. The molecule has 1 aromatic carbocycles. The maximum Gasteiger partial charge on any atom is 0.267 e. The Morgan fingerprint density at radius 3 is 2.40 bits per heavy atom. The lowest BCUT2D eigenvalue weighted by Gasteiger charge is -2.07. The summed E-state index contributed by atoms with van der Waals surface area (Å²) in [5.41, 5.74) is 0.873. The van der Waals surface area contributed by atoms with Crippen LogP contribution in [0.25, 0.3) is 11.4 Å². The van der Waals surface area contributed by atoms with E-state index in [9.17, 15) is 8.42 Å². The van der Waals surface area contributed by atoms with Crippen molar-refractivity contribution in [2.45, 2.75) is 32.5 Å². The van der Waals surface area contributed by atoms with Crippen molar-refractivity contribution in [1.82, 2.24) is 14.8 Å². The highest BCUT2D eigenvalue weighted by Crippen LogP contribution is 2.20. The third kappa shape index (κ3) is 3.07. The van der Waals surface area contributed by atoms with E-state index in [1.165, 1.54) is 0 Å². The Bertz CT molecular complexity index is 676. The molecule has 6 heteroatoms. The standard InChI is InChI=1S/C14H19N3O2S/c1-4-20(18,19)14-15-13(12-8-6-5-7-9-12)17(16-14)10-11(2)3/h5-9,11H,4,10H2,1-3H3. The Morgan fingerprint density at radius 1 is 1.20 bits per heavy atom. The number of hydrogen-bond acceptors (Lipinski definition) is 4. The zero-order valence-corrected chi connectivity index (χ0v) is 12.8. The molecule has 1 heterocycles. The third-order valence-corrected chi connectivity index (χ3v) is 4.37. The fourth-order valence-corrected chi connectivity index (χ4v) is 2.56. The average Bonchev–Trinajstić information content (AvgIpc) is 2.83. The summed E-state index contributed by atoms with van der Waals surface area (Å²) in [6.07, 6.45) is 0. The number of sulfone groups is 1. The van der Waals surface area contributed by atoms with Crippen molar-refractivity contribution >= 4 is 9.84 Å². The molecule has 2 rings (SSSR count). The van der Waals surface area contributed by atoms with Gasteiger partial charge in [0.2, 0.25) is 9.84 Å². The molecule has 0 spiro atoms. The molecular formula is C14H19N3O2S. The first kappa shape index (κ1) is 14.7. The van der Waals surface area contributed by atoms with Crippen LogP contribution in [0.15, 0.2) is 35.5 Å². The first-order valence-corrected chi connectivity index (χ1v) is 8.32. The molecule has 0 N–H and O–H groups in total. The topological polar surface area (TPSA) is 64.8 Å². The lowest BCUT2D eigenvalue weighted by Crippen LogP contribution is -2.10. The van der Waals surface area contributed by atoms with Crippen molar-refractivity contribution in [2.24, 2.45) is 5.92 Å². The largest absolute Gasteiger partial charge is 0.267 e. The Labute approximate surface area is 119 Å². The molecule has 0 aliphatic carbocycles. The van der Waals surface area contributed by atoms with E-state index in [1.807, 2.05) is 30.3 Å². The number of hydrogen-bond donors (Lipinski definition) is 0. The highest BCUT2D eigenvalue weighted by Gasteiger charge is 2.21. The fraction of sp³-hybridized carbons (Fsp3) is 0.429. The van der Waals surface area contributed by atoms with Crippen molar-refractivity contribution in [3.8, 4) is 11.4 Å².